The van der Waals surface area contributed by atoms with Crippen LogP contribution in [0.4, 0.5) is 0 Å². The standard InChI is InChI=1S/C15H28BrN3/c1-5-13-11-15(19(8-4)17-13)12-18(10-9-16)14(6-2)7-3/h11,14H,5-10,12H2,1-4H3. The van der Waals surface area contributed by atoms with Crippen LogP contribution < -0.4 is 0 Å². The van der Waals surface area contributed by atoms with Gasteiger partial charge in [-0.05, 0) is 32.3 Å². The molecule has 0 spiro atoms. The normalized spacial score (nSPS) is 11.7. The molecule has 4 heteroatoms. The van der Waals surface area contributed by atoms with Crippen LogP contribution in [0.15, 0.2) is 6.07 Å². The monoisotopic (exact) mass is 329 g/mol. The van der Waals surface area contributed by atoms with Crippen molar-refractivity contribution in [2.75, 3.05) is 11.9 Å². The zero-order valence-corrected chi connectivity index (χ0v) is 14.4. The molecule has 0 saturated heterocycles. The van der Waals surface area contributed by atoms with Gasteiger partial charge in [-0.25, -0.2) is 0 Å². The molecule has 0 aliphatic heterocycles. The zero-order valence-electron chi connectivity index (χ0n) is 12.8. The summed E-state index contributed by atoms with van der Waals surface area (Å²) in [5, 5.41) is 5.68. The topological polar surface area (TPSA) is 21.1 Å². The van der Waals surface area contributed by atoms with Crippen molar-refractivity contribution in [1.82, 2.24) is 14.7 Å². The van der Waals surface area contributed by atoms with E-state index in [4.69, 9.17) is 0 Å². The SMILES string of the molecule is CCc1cc(CN(CCBr)C(CC)CC)n(CC)n1. The van der Waals surface area contributed by atoms with Gasteiger partial charge in [0.05, 0.1) is 11.4 Å². The summed E-state index contributed by atoms with van der Waals surface area (Å²) in [5.41, 5.74) is 2.56. The van der Waals surface area contributed by atoms with Crippen molar-refractivity contribution in [2.45, 2.75) is 66.1 Å². The molecule has 19 heavy (non-hydrogen) atoms. The van der Waals surface area contributed by atoms with Crippen molar-refractivity contribution >= 4 is 15.9 Å². The van der Waals surface area contributed by atoms with Crippen LogP contribution in [0.25, 0.3) is 0 Å². The van der Waals surface area contributed by atoms with Gasteiger partial charge in [-0.15, -0.1) is 0 Å². The third-order valence-electron chi connectivity index (χ3n) is 3.77. The summed E-state index contributed by atoms with van der Waals surface area (Å²) >= 11 is 3.58. The van der Waals surface area contributed by atoms with Crippen LogP contribution in [-0.2, 0) is 19.5 Å². The molecule has 1 rings (SSSR count). The molecule has 0 saturated carbocycles. The maximum atomic E-state index is 4.65. The molecule has 0 fully saturated rings. The lowest BCUT2D eigenvalue weighted by Crippen LogP contribution is -2.36. The van der Waals surface area contributed by atoms with E-state index in [0.29, 0.717) is 6.04 Å². The minimum Gasteiger partial charge on any atom is -0.294 e. The Kier molecular flexibility index (Phi) is 7.69. The lowest BCUT2D eigenvalue weighted by molar-refractivity contribution is 0.184. The van der Waals surface area contributed by atoms with E-state index in [2.05, 4.69) is 64.4 Å². The van der Waals surface area contributed by atoms with Crippen LogP contribution in [-0.4, -0.2) is 32.6 Å². The summed E-state index contributed by atoms with van der Waals surface area (Å²) in [6.07, 6.45) is 3.44. The van der Waals surface area contributed by atoms with E-state index in [1.165, 1.54) is 24.2 Å². The number of aryl methyl sites for hydroxylation is 2. The fourth-order valence-corrected chi connectivity index (χ4v) is 3.06. The van der Waals surface area contributed by atoms with E-state index in [1.54, 1.807) is 0 Å². The highest BCUT2D eigenvalue weighted by Gasteiger charge is 2.17. The number of halogens is 1. The number of hydrogen-bond acceptors (Lipinski definition) is 2. The maximum absolute atomic E-state index is 4.65. The lowest BCUT2D eigenvalue weighted by atomic mass is 10.1. The third-order valence-corrected chi connectivity index (χ3v) is 4.13. The first-order chi connectivity index (χ1) is 9.19. The molecule has 0 radical (unpaired) electrons. The Hall–Kier alpha value is -0.350. The van der Waals surface area contributed by atoms with E-state index in [0.717, 1.165) is 31.4 Å². The summed E-state index contributed by atoms with van der Waals surface area (Å²) in [6.45, 7) is 12.0. The summed E-state index contributed by atoms with van der Waals surface area (Å²) < 4.78 is 2.16. The van der Waals surface area contributed by atoms with Crippen molar-refractivity contribution < 1.29 is 0 Å². The first-order valence-corrected chi connectivity index (χ1v) is 8.67. The van der Waals surface area contributed by atoms with Gasteiger partial charge in [0, 0.05) is 31.0 Å². The van der Waals surface area contributed by atoms with Crippen molar-refractivity contribution in [3.05, 3.63) is 17.5 Å². The zero-order chi connectivity index (χ0) is 14.3. The molecule has 0 amide bonds. The van der Waals surface area contributed by atoms with E-state index < -0.39 is 0 Å². The Morgan fingerprint density at radius 3 is 2.42 bits per heavy atom. The van der Waals surface area contributed by atoms with E-state index >= 15 is 0 Å². The fourth-order valence-electron chi connectivity index (χ4n) is 2.60. The maximum Gasteiger partial charge on any atom is 0.0625 e. The van der Waals surface area contributed by atoms with Gasteiger partial charge in [-0.1, -0.05) is 36.7 Å². The number of alkyl halides is 1. The summed E-state index contributed by atoms with van der Waals surface area (Å²) in [6, 6.07) is 2.94. The van der Waals surface area contributed by atoms with E-state index in [-0.39, 0.29) is 0 Å². The second-order valence-electron chi connectivity index (χ2n) is 4.93. The van der Waals surface area contributed by atoms with Crippen molar-refractivity contribution in [3.8, 4) is 0 Å². The number of hydrogen-bond donors (Lipinski definition) is 0. The molecule has 0 aliphatic carbocycles. The van der Waals surface area contributed by atoms with Gasteiger partial charge >= 0.3 is 0 Å². The summed E-state index contributed by atoms with van der Waals surface area (Å²) in [7, 11) is 0. The first-order valence-electron chi connectivity index (χ1n) is 7.55. The van der Waals surface area contributed by atoms with Gasteiger partial charge in [0.25, 0.3) is 0 Å². The van der Waals surface area contributed by atoms with Crippen LogP contribution in [0, 0.1) is 0 Å². The van der Waals surface area contributed by atoms with Crippen molar-refractivity contribution in [2.24, 2.45) is 0 Å². The van der Waals surface area contributed by atoms with Gasteiger partial charge in [0.1, 0.15) is 0 Å². The molecule has 0 aliphatic rings. The fraction of sp³-hybridized carbons (Fsp3) is 0.800. The molecule has 0 atom stereocenters. The molecule has 3 nitrogen and oxygen atoms in total. The van der Waals surface area contributed by atoms with Gasteiger partial charge in [-0.2, -0.15) is 5.10 Å². The van der Waals surface area contributed by atoms with Crippen LogP contribution >= 0.6 is 15.9 Å². The molecular formula is C15H28BrN3. The summed E-state index contributed by atoms with van der Waals surface area (Å²) in [4.78, 5) is 2.58. The van der Waals surface area contributed by atoms with Gasteiger partial charge in [0.2, 0.25) is 0 Å². The molecule has 0 aromatic carbocycles. The van der Waals surface area contributed by atoms with Crippen LogP contribution in [0.2, 0.25) is 0 Å². The minimum absolute atomic E-state index is 0.669. The van der Waals surface area contributed by atoms with Gasteiger partial charge in [-0.3, -0.25) is 9.58 Å². The van der Waals surface area contributed by atoms with Crippen molar-refractivity contribution in [3.63, 3.8) is 0 Å². The molecule has 1 heterocycles. The molecule has 1 aromatic heterocycles. The number of nitrogens with zero attached hydrogens (tertiary/aromatic N) is 3. The van der Waals surface area contributed by atoms with E-state index in [9.17, 15) is 0 Å². The number of rotatable bonds is 9. The molecule has 0 bridgehead atoms. The third kappa shape index (κ3) is 4.60. The summed E-state index contributed by atoms with van der Waals surface area (Å²) in [5.74, 6) is 0. The lowest BCUT2D eigenvalue weighted by Gasteiger charge is -2.29. The molecule has 0 N–H and O–H groups in total. The average molecular weight is 330 g/mol. The average Bonchev–Trinajstić information content (AvgIpc) is 2.82. The second-order valence-corrected chi connectivity index (χ2v) is 5.72. The largest absolute Gasteiger partial charge is 0.294 e. The highest BCUT2D eigenvalue weighted by Crippen LogP contribution is 2.15. The Balaban J connectivity index is 2.85. The highest BCUT2D eigenvalue weighted by atomic mass is 79.9. The predicted molar refractivity (Wildman–Crippen MR) is 85.9 cm³/mol. The Bertz CT molecular complexity index is 358. The molecular weight excluding hydrogens is 302 g/mol. The highest BCUT2D eigenvalue weighted by molar-refractivity contribution is 9.09. The van der Waals surface area contributed by atoms with Crippen molar-refractivity contribution in [1.29, 1.82) is 0 Å². The Labute approximate surface area is 126 Å². The molecule has 110 valence electrons. The minimum atomic E-state index is 0.669. The van der Waals surface area contributed by atoms with Gasteiger partial charge < -0.3 is 0 Å². The number of aromatic nitrogens is 2. The van der Waals surface area contributed by atoms with Gasteiger partial charge in [0.15, 0.2) is 0 Å². The smallest absolute Gasteiger partial charge is 0.0625 e. The second kappa shape index (κ2) is 8.75. The first kappa shape index (κ1) is 16.7. The molecule has 0 unspecified atom stereocenters. The Morgan fingerprint density at radius 1 is 1.26 bits per heavy atom. The quantitative estimate of drug-likeness (QED) is 0.641. The predicted octanol–water partition coefficient (Wildman–Crippen LogP) is 3.85. The Morgan fingerprint density at radius 2 is 1.95 bits per heavy atom. The van der Waals surface area contributed by atoms with Crippen LogP contribution in [0.3, 0.4) is 0 Å². The van der Waals surface area contributed by atoms with Crippen LogP contribution in [0.1, 0.15) is 51.9 Å². The molecule has 1 aromatic rings. The van der Waals surface area contributed by atoms with E-state index in [1.807, 2.05) is 0 Å². The van der Waals surface area contributed by atoms with Crippen LogP contribution in [0.5, 0.6) is 0 Å².